The Morgan fingerprint density at radius 1 is 1.23 bits per heavy atom. The van der Waals surface area contributed by atoms with E-state index in [0.29, 0.717) is 24.9 Å². The highest BCUT2D eigenvalue weighted by molar-refractivity contribution is 6.03. The molecule has 0 radical (unpaired) electrons. The molecule has 1 atom stereocenters. The van der Waals surface area contributed by atoms with Crippen LogP contribution in [0.15, 0.2) is 72.2 Å². The first-order chi connectivity index (χ1) is 19.1. The maximum Gasteiger partial charge on any atom is 0.166 e. The fraction of sp³-hybridized carbons (Fsp3) is 0.429. The van der Waals surface area contributed by atoms with E-state index in [9.17, 15) is 4.79 Å². The zero-order valence-corrected chi connectivity index (χ0v) is 25.5. The van der Waals surface area contributed by atoms with Gasteiger partial charge >= 0.3 is 0 Å². The number of fused-ring (bicyclic) bond motifs is 3. The number of ether oxygens (including phenoxy) is 3. The molecule has 1 unspecified atom stereocenters. The molecule has 0 saturated carbocycles. The van der Waals surface area contributed by atoms with Crippen LogP contribution < -0.4 is 9.47 Å². The van der Waals surface area contributed by atoms with E-state index in [0.717, 1.165) is 36.5 Å². The number of benzene rings is 1. The lowest BCUT2D eigenvalue weighted by atomic mass is 9.64. The highest BCUT2D eigenvalue weighted by Gasteiger charge is 2.42. The molecule has 0 bridgehead atoms. The molecule has 2 heterocycles. The summed E-state index contributed by atoms with van der Waals surface area (Å²) in [6.45, 7) is 19.0. The van der Waals surface area contributed by atoms with E-state index in [2.05, 4.69) is 70.7 Å². The van der Waals surface area contributed by atoms with Crippen LogP contribution in [-0.4, -0.2) is 31.1 Å². The molecule has 0 amide bonds. The highest BCUT2D eigenvalue weighted by Crippen LogP contribution is 2.56. The van der Waals surface area contributed by atoms with Crippen LogP contribution in [0.1, 0.15) is 79.0 Å². The van der Waals surface area contributed by atoms with Crippen molar-refractivity contribution in [2.75, 3.05) is 20.3 Å². The summed E-state index contributed by atoms with van der Waals surface area (Å²) in [6, 6.07) is 4.22. The number of methoxy groups -OCH3 is 1. The Hall–Kier alpha value is -3.60. The molecule has 2 aromatic rings. The highest BCUT2D eigenvalue weighted by atomic mass is 16.6. The molecule has 0 N–H and O–H groups in total. The third-order valence-corrected chi connectivity index (χ3v) is 7.50. The van der Waals surface area contributed by atoms with Crippen molar-refractivity contribution in [3.8, 4) is 11.5 Å². The number of hydrogen-bond acceptors (Lipinski definition) is 5. The second-order valence-electron chi connectivity index (χ2n) is 11.0. The molecule has 5 rings (SSSR count). The summed E-state index contributed by atoms with van der Waals surface area (Å²) < 4.78 is 16.8. The van der Waals surface area contributed by atoms with Gasteiger partial charge in [0.15, 0.2) is 17.3 Å². The normalized spacial score (nSPS) is 18.3. The number of carbonyl (C=O) groups is 1. The molecule has 2 aliphatic carbocycles. The quantitative estimate of drug-likeness (QED) is 0.214. The van der Waals surface area contributed by atoms with E-state index in [1.165, 1.54) is 53.2 Å². The van der Waals surface area contributed by atoms with Gasteiger partial charge in [0.1, 0.15) is 13.2 Å². The van der Waals surface area contributed by atoms with Gasteiger partial charge in [-0.1, -0.05) is 50.6 Å². The number of allylic oxidation sites excluding steroid dienone is 9. The van der Waals surface area contributed by atoms with Gasteiger partial charge in [0, 0.05) is 28.6 Å². The van der Waals surface area contributed by atoms with Gasteiger partial charge in [-0.2, -0.15) is 0 Å². The lowest BCUT2D eigenvalue weighted by Crippen LogP contribution is -2.30. The van der Waals surface area contributed by atoms with Crippen LogP contribution in [0.25, 0.3) is 16.3 Å². The Labute approximate surface area is 240 Å². The number of rotatable bonds is 5. The van der Waals surface area contributed by atoms with Crippen molar-refractivity contribution in [2.45, 2.75) is 73.1 Å². The Kier molecular flexibility index (Phi) is 10.6. The molecule has 5 heteroatoms. The Balaban J connectivity index is 0.000000285. The molecule has 1 aromatic heterocycles. The van der Waals surface area contributed by atoms with Crippen molar-refractivity contribution < 1.29 is 19.0 Å². The maximum absolute atomic E-state index is 10.3. The maximum atomic E-state index is 10.3. The molecule has 0 fully saturated rings. The van der Waals surface area contributed by atoms with Crippen LogP contribution in [0.5, 0.6) is 11.5 Å². The number of pyridine rings is 1. The number of carbonyl (C=O) groups excluding carboxylic acids is 1. The van der Waals surface area contributed by atoms with Gasteiger partial charge in [0.05, 0.1) is 18.6 Å². The lowest BCUT2D eigenvalue weighted by molar-refractivity contribution is -0.112. The number of ketones is 1. The fourth-order valence-corrected chi connectivity index (χ4v) is 5.29. The average Bonchev–Trinajstić information content (AvgIpc) is 2.94. The Morgan fingerprint density at radius 3 is 2.52 bits per heavy atom. The number of hydrogen-bond donors (Lipinski definition) is 0. The van der Waals surface area contributed by atoms with Gasteiger partial charge in [-0.25, -0.2) is 0 Å². The molecule has 5 nitrogen and oxygen atoms in total. The molecular formula is C35H45NO4. The number of nitrogens with zero attached hydrogens (tertiary/aromatic N) is 1. The van der Waals surface area contributed by atoms with Gasteiger partial charge in [0.25, 0.3) is 0 Å². The van der Waals surface area contributed by atoms with Crippen molar-refractivity contribution >= 4 is 22.1 Å². The summed E-state index contributed by atoms with van der Waals surface area (Å²) in [5.41, 5.74) is 6.25. The van der Waals surface area contributed by atoms with Crippen molar-refractivity contribution in [2.24, 2.45) is 5.92 Å². The van der Waals surface area contributed by atoms with E-state index in [4.69, 9.17) is 19.2 Å². The smallest absolute Gasteiger partial charge is 0.166 e. The third kappa shape index (κ3) is 6.75. The Morgan fingerprint density at radius 2 is 1.93 bits per heavy atom. The predicted molar refractivity (Wildman–Crippen MR) is 166 cm³/mol. The van der Waals surface area contributed by atoms with Crippen molar-refractivity contribution in [1.82, 2.24) is 4.98 Å². The average molecular weight is 544 g/mol. The zero-order valence-electron chi connectivity index (χ0n) is 25.5. The lowest BCUT2D eigenvalue weighted by Gasteiger charge is -2.41. The first kappa shape index (κ1) is 30.9. The third-order valence-electron chi connectivity index (χ3n) is 7.50. The van der Waals surface area contributed by atoms with E-state index in [-0.39, 0.29) is 11.2 Å². The van der Waals surface area contributed by atoms with Crippen LogP contribution in [0.4, 0.5) is 0 Å². The minimum Gasteiger partial charge on any atom is -0.501 e. The predicted octanol–water partition coefficient (Wildman–Crippen LogP) is 8.69. The number of aromatic nitrogens is 1. The molecular weight excluding hydrogens is 498 g/mol. The first-order valence-corrected chi connectivity index (χ1v) is 14.2. The SMILES string of the molecule is C=C(C)CC.CC=CCC1CC=CC2=C1c1nccc3cc4c(c(c13)C2(C)C)OCCO4.CO/C(C)=C\C(C)=O. The molecule has 1 aliphatic heterocycles. The van der Waals surface area contributed by atoms with Crippen LogP contribution >= 0.6 is 0 Å². The van der Waals surface area contributed by atoms with Gasteiger partial charge in [-0.05, 0) is 81.5 Å². The molecule has 0 saturated heterocycles. The van der Waals surface area contributed by atoms with E-state index >= 15 is 0 Å². The van der Waals surface area contributed by atoms with E-state index in [1.54, 1.807) is 6.92 Å². The first-order valence-electron chi connectivity index (χ1n) is 14.2. The molecule has 214 valence electrons. The summed E-state index contributed by atoms with van der Waals surface area (Å²) in [5.74, 6) is 2.91. The summed E-state index contributed by atoms with van der Waals surface area (Å²) in [7, 11) is 1.54. The van der Waals surface area contributed by atoms with Crippen molar-refractivity contribution in [1.29, 1.82) is 0 Å². The van der Waals surface area contributed by atoms with Crippen LogP contribution in [0.3, 0.4) is 0 Å². The molecule has 0 spiro atoms. The van der Waals surface area contributed by atoms with Crippen molar-refractivity contribution in [3.05, 3.63) is 83.5 Å². The summed E-state index contributed by atoms with van der Waals surface area (Å²) in [5, 5.41) is 2.43. The topological polar surface area (TPSA) is 57.6 Å². The van der Waals surface area contributed by atoms with Gasteiger partial charge in [0.2, 0.25) is 0 Å². The van der Waals surface area contributed by atoms with E-state index < -0.39 is 0 Å². The van der Waals surface area contributed by atoms with Crippen LogP contribution in [-0.2, 0) is 14.9 Å². The second-order valence-corrected chi connectivity index (χ2v) is 11.0. The molecule has 40 heavy (non-hydrogen) atoms. The minimum absolute atomic E-state index is 0.0179. The standard InChI is InChI=1S/C24H25NO2.C6H10O2.C5H10/c1-4-5-7-15-8-6-9-17-19(15)22-20-16(10-11-25-22)14-18-23(27-13-12-26-18)21(20)24(17,2)3;1-5(7)4-6(2)8-3;1-4-5(2)3/h4-6,9-11,14-15H,7-8,12-13H2,1-3H3;4H,1-3H3;2,4H2,1,3H3/b;6-4-;. The van der Waals surface area contributed by atoms with Crippen molar-refractivity contribution in [3.63, 3.8) is 0 Å². The second kappa shape index (κ2) is 13.6. The minimum atomic E-state index is -0.152. The van der Waals surface area contributed by atoms with E-state index in [1.807, 2.05) is 13.1 Å². The van der Waals surface area contributed by atoms with Gasteiger partial charge in [-0.15, -0.1) is 6.58 Å². The molecule has 1 aromatic carbocycles. The monoisotopic (exact) mass is 543 g/mol. The van der Waals surface area contributed by atoms with Crippen LogP contribution in [0, 0.1) is 5.92 Å². The Bertz CT molecular complexity index is 1370. The summed E-state index contributed by atoms with van der Waals surface area (Å²) in [6.07, 6.45) is 15.7. The van der Waals surface area contributed by atoms with Gasteiger partial charge in [-0.3, -0.25) is 9.78 Å². The fourth-order valence-electron chi connectivity index (χ4n) is 5.29. The molecule has 3 aliphatic rings. The summed E-state index contributed by atoms with van der Waals surface area (Å²) in [4.78, 5) is 15.1. The van der Waals surface area contributed by atoms with Gasteiger partial charge < -0.3 is 14.2 Å². The zero-order chi connectivity index (χ0) is 29.4. The summed E-state index contributed by atoms with van der Waals surface area (Å²) >= 11 is 0. The largest absolute Gasteiger partial charge is 0.501 e. The van der Waals surface area contributed by atoms with Crippen LogP contribution in [0.2, 0.25) is 0 Å².